The number of fused-ring (bicyclic) bond motifs is 1. The molecule has 3 heteroatoms. The number of thiocarbonyl (C=S) groups is 1. The number of unbranched alkanes of at least 4 members (excludes halogenated alkanes) is 3. The molecule has 1 amide bonds. The molecule has 1 heterocycles. The van der Waals surface area contributed by atoms with Crippen molar-refractivity contribution < 1.29 is 4.79 Å². The first-order valence-electron chi connectivity index (χ1n) is 6.21. The SMILES string of the molecule is CCCCCCc1cccc2c1C(=O)NC2=S. The normalized spacial score (nSPS) is 13.7. The average Bonchev–Trinajstić information content (AvgIpc) is 2.62. The zero-order valence-corrected chi connectivity index (χ0v) is 10.9. The van der Waals surface area contributed by atoms with Gasteiger partial charge in [-0.05, 0) is 18.4 Å². The van der Waals surface area contributed by atoms with Crippen LogP contribution in [0.2, 0.25) is 0 Å². The fourth-order valence-electron chi connectivity index (χ4n) is 2.24. The fourth-order valence-corrected chi connectivity index (χ4v) is 2.50. The Bertz CT molecular complexity index is 454. The number of hydrogen-bond acceptors (Lipinski definition) is 2. The van der Waals surface area contributed by atoms with Gasteiger partial charge in [-0.1, -0.05) is 56.6 Å². The summed E-state index contributed by atoms with van der Waals surface area (Å²) in [5.74, 6) is -0.0314. The van der Waals surface area contributed by atoms with Gasteiger partial charge in [-0.3, -0.25) is 4.79 Å². The Morgan fingerprint density at radius 1 is 1.24 bits per heavy atom. The van der Waals surface area contributed by atoms with E-state index in [0.717, 1.165) is 29.5 Å². The van der Waals surface area contributed by atoms with Crippen molar-refractivity contribution in [1.29, 1.82) is 0 Å². The van der Waals surface area contributed by atoms with Crippen LogP contribution in [0.15, 0.2) is 18.2 Å². The molecule has 0 unspecified atom stereocenters. The van der Waals surface area contributed by atoms with Gasteiger partial charge in [0.2, 0.25) is 0 Å². The van der Waals surface area contributed by atoms with Crippen LogP contribution in [0.25, 0.3) is 0 Å². The summed E-state index contributed by atoms with van der Waals surface area (Å²) < 4.78 is 0. The molecular weight excluding hydrogens is 230 g/mol. The first kappa shape index (κ1) is 12.2. The molecule has 1 aromatic carbocycles. The van der Waals surface area contributed by atoms with Crippen LogP contribution in [0.3, 0.4) is 0 Å². The van der Waals surface area contributed by atoms with Gasteiger partial charge < -0.3 is 5.32 Å². The molecule has 1 aliphatic heterocycles. The fraction of sp³-hybridized carbons (Fsp3) is 0.429. The molecule has 0 radical (unpaired) electrons. The highest BCUT2D eigenvalue weighted by Gasteiger charge is 2.25. The van der Waals surface area contributed by atoms with Gasteiger partial charge in [0, 0.05) is 5.56 Å². The number of benzene rings is 1. The van der Waals surface area contributed by atoms with E-state index in [1.807, 2.05) is 18.2 Å². The molecule has 0 saturated heterocycles. The molecule has 0 fully saturated rings. The van der Waals surface area contributed by atoms with Crippen LogP contribution in [0.5, 0.6) is 0 Å². The van der Waals surface area contributed by atoms with E-state index in [9.17, 15) is 4.79 Å². The van der Waals surface area contributed by atoms with E-state index >= 15 is 0 Å². The Morgan fingerprint density at radius 3 is 2.82 bits per heavy atom. The number of aryl methyl sites for hydroxylation is 1. The highest BCUT2D eigenvalue weighted by Crippen LogP contribution is 2.22. The van der Waals surface area contributed by atoms with E-state index in [1.54, 1.807) is 0 Å². The van der Waals surface area contributed by atoms with E-state index in [2.05, 4.69) is 12.2 Å². The van der Waals surface area contributed by atoms with Crippen molar-refractivity contribution in [2.75, 3.05) is 0 Å². The summed E-state index contributed by atoms with van der Waals surface area (Å²) in [6.07, 6.45) is 5.84. The Hall–Kier alpha value is -1.22. The smallest absolute Gasteiger partial charge is 0.257 e. The standard InChI is InChI=1S/C14H17NOS/c1-2-3-4-5-7-10-8-6-9-11-12(10)13(16)15-14(11)17/h6,8-9H,2-5,7H2,1H3,(H,15,16,17). The van der Waals surface area contributed by atoms with Crippen LogP contribution in [-0.2, 0) is 6.42 Å². The molecule has 17 heavy (non-hydrogen) atoms. The minimum Gasteiger partial charge on any atom is -0.312 e. The predicted molar refractivity (Wildman–Crippen MR) is 73.5 cm³/mol. The van der Waals surface area contributed by atoms with Crippen LogP contribution >= 0.6 is 12.2 Å². The van der Waals surface area contributed by atoms with Crippen molar-refractivity contribution in [2.24, 2.45) is 0 Å². The van der Waals surface area contributed by atoms with E-state index in [4.69, 9.17) is 12.2 Å². The third-order valence-electron chi connectivity index (χ3n) is 3.15. The molecule has 0 saturated carbocycles. The minimum atomic E-state index is -0.0314. The van der Waals surface area contributed by atoms with Crippen LogP contribution in [0.4, 0.5) is 0 Å². The van der Waals surface area contributed by atoms with Crippen molar-refractivity contribution in [3.63, 3.8) is 0 Å². The highest BCUT2D eigenvalue weighted by atomic mass is 32.1. The summed E-state index contributed by atoms with van der Waals surface area (Å²) >= 11 is 5.13. The first-order valence-corrected chi connectivity index (χ1v) is 6.62. The zero-order valence-electron chi connectivity index (χ0n) is 10.1. The van der Waals surface area contributed by atoms with Crippen LogP contribution in [-0.4, -0.2) is 10.9 Å². The summed E-state index contributed by atoms with van der Waals surface area (Å²) in [6, 6.07) is 5.95. The summed E-state index contributed by atoms with van der Waals surface area (Å²) in [5.41, 5.74) is 2.84. The monoisotopic (exact) mass is 247 g/mol. The number of carbonyl (C=O) groups is 1. The lowest BCUT2D eigenvalue weighted by Crippen LogP contribution is -2.19. The maximum Gasteiger partial charge on any atom is 0.257 e. The summed E-state index contributed by atoms with van der Waals surface area (Å²) in [5, 5.41) is 2.72. The summed E-state index contributed by atoms with van der Waals surface area (Å²) in [7, 11) is 0. The van der Waals surface area contributed by atoms with Crippen molar-refractivity contribution >= 4 is 23.1 Å². The number of nitrogens with one attached hydrogen (secondary N) is 1. The summed E-state index contributed by atoms with van der Waals surface area (Å²) in [6.45, 7) is 2.20. The third-order valence-corrected chi connectivity index (χ3v) is 3.47. The maximum absolute atomic E-state index is 11.8. The Morgan fingerprint density at radius 2 is 2.06 bits per heavy atom. The number of rotatable bonds is 5. The van der Waals surface area contributed by atoms with Gasteiger partial charge in [0.15, 0.2) is 0 Å². The maximum atomic E-state index is 11.8. The lowest BCUT2D eigenvalue weighted by Gasteiger charge is -2.05. The lowest BCUT2D eigenvalue weighted by atomic mass is 9.98. The topological polar surface area (TPSA) is 29.1 Å². The quantitative estimate of drug-likeness (QED) is 0.639. The molecular formula is C14H17NOS. The van der Waals surface area contributed by atoms with Crippen molar-refractivity contribution in [2.45, 2.75) is 39.0 Å². The molecule has 1 aliphatic rings. The molecule has 0 aromatic heterocycles. The average molecular weight is 247 g/mol. The molecule has 2 rings (SSSR count). The van der Waals surface area contributed by atoms with E-state index in [0.29, 0.717) is 4.99 Å². The Balaban J connectivity index is 2.14. The van der Waals surface area contributed by atoms with Gasteiger partial charge in [-0.25, -0.2) is 0 Å². The lowest BCUT2D eigenvalue weighted by molar-refractivity contribution is 0.0983. The molecule has 0 spiro atoms. The Kier molecular flexibility index (Phi) is 3.89. The van der Waals surface area contributed by atoms with Gasteiger partial charge >= 0.3 is 0 Å². The summed E-state index contributed by atoms with van der Waals surface area (Å²) in [4.78, 5) is 12.4. The molecule has 0 atom stereocenters. The number of carbonyl (C=O) groups excluding carboxylic acids is 1. The Labute approximate surface area is 107 Å². The predicted octanol–water partition coefficient (Wildman–Crippen LogP) is 3.23. The van der Waals surface area contributed by atoms with Crippen LogP contribution in [0.1, 0.15) is 54.1 Å². The van der Waals surface area contributed by atoms with Crippen molar-refractivity contribution in [3.05, 3.63) is 34.9 Å². The minimum absolute atomic E-state index is 0.0314. The van der Waals surface area contributed by atoms with Crippen LogP contribution < -0.4 is 5.32 Å². The van der Waals surface area contributed by atoms with Crippen molar-refractivity contribution in [1.82, 2.24) is 5.32 Å². The zero-order chi connectivity index (χ0) is 12.3. The largest absolute Gasteiger partial charge is 0.312 e. The van der Waals surface area contributed by atoms with Crippen LogP contribution in [0, 0.1) is 0 Å². The highest BCUT2D eigenvalue weighted by molar-refractivity contribution is 7.80. The number of hydrogen-bond donors (Lipinski definition) is 1. The third kappa shape index (κ3) is 2.55. The van der Waals surface area contributed by atoms with Gasteiger partial charge in [0.25, 0.3) is 5.91 Å². The first-order chi connectivity index (χ1) is 8.24. The van der Waals surface area contributed by atoms with Gasteiger partial charge in [-0.15, -0.1) is 0 Å². The molecule has 1 aromatic rings. The van der Waals surface area contributed by atoms with Gasteiger partial charge in [0.05, 0.1) is 5.56 Å². The second kappa shape index (κ2) is 5.41. The second-order valence-electron chi connectivity index (χ2n) is 4.43. The van der Waals surface area contributed by atoms with Crippen molar-refractivity contribution in [3.8, 4) is 0 Å². The molecule has 90 valence electrons. The van der Waals surface area contributed by atoms with E-state index < -0.39 is 0 Å². The number of amides is 1. The second-order valence-corrected chi connectivity index (χ2v) is 4.84. The van der Waals surface area contributed by atoms with Gasteiger partial charge in [-0.2, -0.15) is 0 Å². The molecule has 1 N–H and O–H groups in total. The molecule has 2 nitrogen and oxygen atoms in total. The molecule has 0 aliphatic carbocycles. The van der Waals surface area contributed by atoms with E-state index in [1.165, 1.54) is 19.3 Å². The molecule has 0 bridgehead atoms. The van der Waals surface area contributed by atoms with Gasteiger partial charge in [0.1, 0.15) is 4.99 Å². The van der Waals surface area contributed by atoms with E-state index in [-0.39, 0.29) is 5.91 Å².